The molecule has 1 aliphatic rings. The molecule has 0 aromatic rings. The van der Waals surface area contributed by atoms with E-state index in [2.05, 4.69) is 14.0 Å². The molecule has 1 aliphatic heterocycles. The van der Waals surface area contributed by atoms with Crippen LogP contribution in [0.4, 0.5) is 4.79 Å². The molecule has 0 saturated carbocycles. The third kappa shape index (κ3) is 13.0. The Bertz CT molecular complexity index is 372. The molecule has 0 unspecified atom stereocenters. The lowest BCUT2D eigenvalue weighted by atomic mass is 10.0. The summed E-state index contributed by atoms with van der Waals surface area (Å²) in [6.45, 7) is 9.70. The van der Waals surface area contributed by atoms with Crippen LogP contribution in [0.2, 0.25) is 0 Å². The minimum absolute atomic E-state index is 0. The molecule has 1 amide bonds. The molecule has 0 spiro atoms. The van der Waals surface area contributed by atoms with Crippen LogP contribution in [0.1, 0.15) is 97.3 Å². The van der Waals surface area contributed by atoms with Gasteiger partial charge < -0.3 is 26.2 Å². The maximum absolute atomic E-state index is 11.8. The predicted octanol–water partition coefficient (Wildman–Crippen LogP) is 3.00. The van der Waals surface area contributed by atoms with Crippen LogP contribution in [-0.2, 0) is 4.74 Å². The molecule has 0 aromatic heterocycles. The highest BCUT2D eigenvalue weighted by atomic mass is 79.9. The van der Waals surface area contributed by atoms with Gasteiger partial charge in [0.25, 0.3) is 0 Å². The molecule has 4 nitrogen and oxygen atoms in total. The van der Waals surface area contributed by atoms with Gasteiger partial charge in [-0.05, 0) is 19.8 Å². The van der Waals surface area contributed by atoms with Gasteiger partial charge in [0.05, 0.1) is 46.4 Å². The van der Waals surface area contributed by atoms with E-state index in [1.54, 1.807) is 0 Å². The second-order valence-electron chi connectivity index (χ2n) is 8.72. The molecule has 28 heavy (non-hydrogen) atoms. The molecule has 0 bridgehead atoms. The van der Waals surface area contributed by atoms with Crippen LogP contribution in [-0.4, -0.2) is 61.9 Å². The Morgan fingerprint density at radius 1 is 0.786 bits per heavy atom. The van der Waals surface area contributed by atoms with Crippen molar-refractivity contribution >= 4 is 6.09 Å². The van der Waals surface area contributed by atoms with Gasteiger partial charge in [-0.2, -0.15) is 0 Å². The lowest BCUT2D eigenvalue weighted by Gasteiger charge is -2.41. The number of amides is 1. The summed E-state index contributed by atoms with van der Waals surface area (Å²) in [4.78, 5) is 13.7. The van der Waals surface area contributed by atoms with Gasteiger partial charge in [0.15, 0.2) is 0 Å². The number of piperazine rings is 1. The molecular weight excluding hydrogens is 416 g/mol. The maximum Gasteiger partial charge on any atom is 0.410 e. The highest BCUT2D eigenvalue weighted by molar-refractivity contribution is 5.67. The van der Waals surface area contributed by atoms with E-state index >= 15 is 0 Å². The number of carbonyl (C=O) groups is 1. The van der Waals surface area contributed by atoms with Crippen molar-refractivity contribution < 1.29 is 31.0 Å². The molecule has 168 valence electrons. The summed E-state index contributed by atoms with van der Waals surface area (Å²) in [5, 5.41) is 0. The van der Waals surface area contributed by atoms with Crippen molar-refractivity contribution in [2.75, 3.05) is 46.4 Å². The van der Waals surface area contributed by atoms with Gasteiger partial charge in [0, 0.05) is 0 Å². The normalized spacial score (nSPS) is 15.9. The average Bonchev–Trinajstić information content (AvgIpc) is 2.66. The van der Waals surface area contributed by atoms with Gasteiger partial charge in [-0.3, -0.25) is 4.90 Å². The molecule has 1 fully saturated rings. The Balaban J connectivity index is 0.00000729. The lowest BCUT2D eigenvalue weighted by molar-refractivity contribution is -0.913. The molecule has 0 aliphatic carbocycles. The minimum atomic E-state index is -0.135. The Labute approximate surface area is 185 Å². The summed E-state index contributed by atoms with van der Waals surface area (Å²) in [5.74, 6) is 0. The molecule has 5 heteroatoms. The van der Waals surface area contributed by atoms with E-state index < -0.39 is 0 Å². The number of quaternary nitrogens is 1. The summed E-state index contributed by atoms with van der Waals surface area (Å²) in [6, 6.07) is 0. The average molecular weight is 464 g/mol. The van der Waals surface area contributed by atoms with Gasteiger partial charge in [-0.1, -0.05) is 77.6 Å². The van der Waals surface area contributed by atoms with Crippen molar-refractivity contribution in [3.8, 4) is 0 Å². The van der Waals surface area contributed by atoms with Crippen LogP contribution in [0.5, 0.6) is 0 Å². The van der Waals surface area contributed by atoms with Gasteiger partial charge >= 0.3 is 6.09 Å². The van der Waals surface area contributed by atoms with E-state index in [-0.39, 0.29) is 23.1 Å². The summed E-state index contributed by atoms with van der Waals surface area (Å²) >= 11 is 0. The second kappa shape index (κ2) is 17.6. The first-order valence-corrected chi connectivity index (χ1v) is 11.9. The first-order chi connectivity index (χ1) is 13.1. The van der Waals surface area contributed by atoms with E-state index in [4.69, 9.17) is 4.74 Å². The Hall–Kier alpha value is -0.290. The van der Waals surface area contributed by atoms with Gasteiger partial charge in [-0.25, -0.2) is 4.79 Å². The fraction of sp³-hybridized carbons (Fsp3) is 0.957. The maximum atomic E-state index is 11.8. The number of likely N-dealkylation sites (N-methyl/N-ethyl adjacent to an activating group) is 1. The SMILES string of the molecule is CCCCCCCCCCCCCCC[N+]1(C)CCN(C(=O)OCC)CC1.[Br-]. The summed E-state index contributed by atoms with van der Waals surface area (Å²) in [5.41, 5.74) is 0. The fourth-order valence-corrected chi connectivity index (χ4v) is 4.08. The minimum Gasteiger partial charge on any atom is -1.00 e. The fourth-order valence-electron chi connectivity index (χ4n) is 4.08. The molecule has 1 rings (SSSR count). The topological polar surface area (TPSA) is 29.5 Å². The number of unbranched alkanes of at least 4 members (excludes halogenated alkanes) is 12. The molecule has 0 aromatic carbocycles. The number of rotatable bonds is 15. The van der Waals surface area contributed by atoms with Crippen molar-refractivity contribution in [1.29, 1.82) is 0 Å². The van der Waals surface area contributed by atoms with Gasteiger partial charge in [-0.15, -0.1) is 0 Å². The summed E-state index contributed by atoms with van der Waals surface area (Å²) < 4.78 is 6.23. The smallest absolute Gasteiger partial charge is 0.410 e. The number of nitrogens with zero attached hydrogens (tertiary/aromatic N) is 2. The summed E-state index contributed by atoms with van der Waals surface area (Å²) in [7, 11) is 2.35. The van der Waals surface area contributed by atoms with Crippen LogP contribution in [0.3, 0.4) is 0 Å². The first kappa shape index (κ1) is 27.7. The van der Waals surface area contributed by atoms with E-state index in [1.807, 2.05) is 11.8 Å². The van der Waals surface area contributed by atoms with E-state index in [9.17, 15) is 4.79 Å². The predicted molar refractivity (Wildman–Crippen MR) is 115 cm³/mol. The molecule has 0 atom stereocenters. The standard InChI is InChI=1S/C23H47N2O2.BrH/c1-4-6-7-8-9-10-11-12-13-14-15-16-17-20-25(3)21-18-24(19-22-25)23(26)27-5-2;/h4-22H2,1-3H3;1H/q+1;/p-1. The summed E-state index contributed by atoms with van der Waals surface area (Å²) in [6.07, 6.45) is 18.2. The van der Waals surface area contributed by atoms with Crippen molar-refractivity contribution in [1.82, 2.24) is 4.90 Å². The second-order valence-corrected chi connectivity index (χ2v) is 8.72. The largest absolute Gasteiger partial charge is 1.00 e. The van der Waals surface area contributed by atoms with Crippen LogP contribution in [0.25, 0.3) is 0 Å². The van der Waals surface area contributed by atoms with Gasteiger partial charge in [0.1, 0.15) is 0 Å². The van der Waals surface area contributed by atoms with Crippen LogP contribution >= 0.6 is 0 Å². The highest BCUT2D eigenvalue weighted by Crippen LogP contribution is 2.15. The van der Waals surface area contributed by atoms with Crippen LogP contribution in [0, 0.1) is 0 Å². The van der Waals surface area contributed by atoms with Crippen molar-refractivity contribution in [2.24, 2.45) is 0 Å². The monoisotopic (exact) mass is 462 g/mol. The Morgan fingerprint density at radius 2 is 1.21 bits per heavy atom. The number of carbonyl (C=O) groups excluding carboxylic acids is 1. The first-order valence-electron chi connectivity index (χ1n) is 11.9. The van der Waals surface area contributed by atoms with Crippen LogP contribution in [0.15, 0.2) is 0 Å². The molecule has 0 N–H and O–H groups in total. The van der Waals surface area contributed by atoms with E-state index in [1.165, 1.54) is 90.0 Å². The third-order valence-corrected chi connectivity index (χ3v) is 6.15. The van der Waals surface area contributed by atoms with Gasteiger partial charge in [0.2, 0.25) is 0 Å². The van der Waals surface area contributed by atoms with Crippen molar-refractivity contribution in [3.05, 3.63) is 0 Å². The van der Waals surface area contributed by atoms with Crippen LogP contribution < -0.4 is 17.0 Å². The molecule has 1 saturated heterocycles. The Morgan fingerprint density at radius 3 is 1.64 bits per heavy atom. The zero-order valence-electron chi connectivity index (χ0n) is 19.0. The van der Waals surface area contributed by atoms with Crippen molar-refractivity contribution in [3.63, 3.8) is 0 Å². The molecular formula is C23H47BrN2O2. The number of halogens is 1. The zero-order valence-corrected chi connectivity index (χ0v) is 20.6. The highest BCUT2D eigenvalue weighted by Gasteiger charge is 2.30. The molecule has 1 heterocycles. The Kier molecular flexibility index (Phi) is 17.4. The number of hydrogen-bond acceptors (Lipinski definition) is 2. The third-order valence-electron chi connectivity index (χ3n) is 6.15. The van der Waals surface area contributed by atoms with Crippen molar-refractivity contribution in [2.45, 2.75) is 97.3 Å². The molecule has 0 radical (unpaired) electrons. The number of ether oxygens (including phenoxy) is 1. The lowest BCUT2D eigenvalue weighted by Crippen LogP contribution is -3.00. The number of hydrogen-bond donors (Lipinski definition) is 0. The zero-order chi connectivity index (χ0) is 19.8. The van der Waals surface area contributed by atoms with E-state index in [0.717, 1.165) is 30.7 Å². The van der Waals surface area contributed by atoms with E-state index in [0.29, 0.717) is 6.61 Å². The quantitative estimate of drug-likeness (QED) is 0.276.